The summed E-state index contributed by atoms with van der Waals surface area (Å²) in [5, 5.41) is 7.27. The zero-order valence-corrected chi connectivity index (χ0v) is 14.0. The summed E-state index contributed by atoms with van der Waals surface area (Å²) in [6, 6.07) is 13.3. The molecule has 0 radical (unpaired) electrons. The molecule has 0 saturated carbocycles. The Morgan fingerprint density at radius 1 is 1.15 bits per heavy atom. The van der Waals surface area contributed by atoms with Crippen LogP contribution in [0.3, 0.4) is 0 Å². The number of halogens is 1. The summed E-state index contributed by atoms with van der Waals surface area (Å²) in [5.74, 6) is -1.81. The van der Waals surface area contributed by atoms with Crippen molar-refractivity contribution in [3.63, 3.8) is 0 Å². The molecular formula is C19H17FN4O2. The Hall–Kier alpha value is -3.48. The Labute approximate surface area is 149 Å². The Kier molecular flexibility index (Phi) is 5.07. The highest BCUT2D eigenvalue weighted by Crippen LogP contribution is 2.19. The fraction of sp³-hybridized carbons (Fsp3) is 0.105. The topological polar surface area (TPSA) is 86.3 Å². The molecule has 1 heterocycles. The molecular weight excluding hydrogens is 335 g/mol. The summed E-state index contributed by atoms with van der Waals surface area (Å²) < 4.78 is 13.5. The Morgan fingerprint density at radius 2 is 1.88 bits per heavy atom. The quantitative estimate of drug-likeness (QED) is 0.487. The van der Waals surface area contributed by atoms with Crippen molar-refractivity contribution in [2.75, 3.05) is 6.54 Å². The summed E-state index contributed by atoms with van der Waals surface area (Å²) in [6.07, 6.45) is 1.55. The summed E-state index contributed by atoms with van der Waals surface area (Å²) in [5.41, 5.74) is 5.01. The van der Waals surface area contributed by atoms with Crippen LogP contribution >= 0.6 is 0 Å². The summed E-state index contributed by atoms with van der Waals surface area (Å²) >= 11 is 0. The molecule has 3 rings (SSSR count). The van der Waals surface area contributed by atoms with Crippen molar-refractivity contribution < 1.29 is 14.0 Å². The SMILES string of the molecule is Cc1[nH]c2ccccc2c1C=NNC(=O)CNC(=O)c1ccccc1F. The van der Waals surface area contributed by atoms with Crippen LogP contribution in [0.1, 0.15) is 21.6 Å². The minimum absolute atomic E-state index is 0.113. The molecule has 2 aromatic carbocycles. The predicted octanol–water partition coefficient (Wildman–Crippen LogP) is 2.50. The number of carbonyl (C=O) groups excluding carboxylic acids is 2. The molecule has 7 heteroatoms. The van der Waals surface area contributed by atoms with Crippen LogP contribution in [0.4, 0.5) is 4.39 Å². The van der Waals surface area contributed by atoms with E-state index in [2.05, 4.69) is 20.8 Å². The number of nitrogens with one attached hydrogen (secondary N) is 3. The highest BCUT2D eigenvalue weighted by atomic mass is 19.1. The van der Waals surface area contributed by atoms with Crippen molar-refractivity contribution in [3.05, 3.63) is 71.2 Å². The molecule has 132 valence electrons. The van der Waals surface area contributed by atoms with Gasteiger partial charge in [-0.15, -0.1) is 0 Å². The van der Waals surface area contributed by atoms with E-state index in [1.165, 1.54) is 18.2 Å². The van der Waals surface area contributed by atoms with Crippen molar-refractivity contribution in [2.24, 2.45) is 5.10 Å². The molecule has 6 nitrogen and oxygen atoms in total. The van der Waals surface area contributed by atoms with Crippen molar-refractivity contribution in [1.82, 2.24) is 15.7 Å². The van der Waals surface area contributed by atoms with Gasteiger partial charge in [-0.05, 0) is 25.1 Å². The van der Waals surface area contributed by atoms with Gasteiger partial charge in [0, 0.05) is 22.2 Å². The second-order valence-corrected chi connectivity index (χ2v) is 5.66. The van der Waals surface area contributed by atoms with Crippen molar-refractivity contribution in [3.8, 4) is 0 Å². The van der Waals surface area contributed by atoms with Crippen LogP contribution in [0, 0.1) is 12.7 Å². The normalized spacial score (nSPS) is 11.0. The number of rotatable bonds is 5. The van der Waals surface area contributed by atoms with E-state index in [1.54, 1.807) is 12.3 Å². The number of aromatic amines is 1. The van der Waals surface area contributed by atoms with Gasteiger partial charge in [-0.25, -0.2) is 9.82 Å². The highest BCUT2D eigenvalue weighted by Gasteiger charge is 2.11. The first-order valence-corrected chi connectivity index (χ1v) is 7.98. The van der Waals surface area contributed by atoms with Crippen LogP contribution in [-0.2, 0) is 4.79 Å². The third-order valence-corrected chi connectivity index (χ3v) is 3.85. The lowest BCUT2D eigenvalue weighted by atomic mass is 10.1. The number of aromatic nitrogens is 1. The number of para-hydroxylation sites is 1. The van der Waals surface area contributed by atoms with Crippen molar-refractivity contribution in [1.29, 1.82) is 0 Å². The van der Waals surface area contributed by atoms with Gasteiger partial charge < -0.3 is 10.3 Å². The van der Waals surface area contributed by atoms with Crippen LogP contribution in [0.25, 0.3) is 10.9 Å². The predicted molar refractivity (Wildman–Crippen MR) is 97.5 cm³/mol. The van der Waals surface area contributed by atoms with Crippen molar-refractivity contribution >= 4 is 28.9 Å². The fourth-order valence-electron chi connectivity index (χ4n) is 2.57. The summed E-state index contributed by atoms with van der Waals surface area (Å²) in [6.45, 7) is 1.61. The van der Waals surface area contributed by atoms with E-state index < -0.39 is 17.6 Å². The number of hydrogen-bond acceptors (Lipinski definition) is 3. The van der Waals surface area contributed by atoms with Gasteiger partial charge in [0.2, 0.25) is 0 Å². The monoisotopic (exact) mass is 352 g/mol. The van der Waals surface area contributed by atoms with Gasteiger partial charge in [-0.3, -0.25) is 9.59 Å². The molecule has 0 spiro atoms. The molecule has 0 aliphatic carbocycles. The first-order chi connectivity index (χ1) is 12.6. The van der Waals surface area contributed by atoms with E-state index in [-0.39, 0.29) is 12.1 Å². The molecule has 0 saturated heterocycles. The number of aryl methyl sites for hydroxylation is 1. The van der Waals surface area contributed by atoms with E-state index in [9.17, 15) is 14.0 Å². The number of amides is 2. The van der Waals surface area contributed by atoms with Crippen LogP contribution < -0.4 is 10.7 Å². The number of hydrogen-bond donors (Lipinski definition) is 3. The van der Waals surface area contributed by atoms with E-state index in [1.807, 2.05) is 31.2 Å². The lowest BCUT2D eigenvalue weighted by Gasteiger charge is -2.05. The lowest BCUT2D eigenvalue weighted by molar-refractivity contribution is -0.120. The molecule has 3 N–H and O–H groups in total. The van der Waals surface area contributed by atoms with E-state index in [4.69, 9.17) is 0 Å². The number of hydrazone groups is 1. The average Bonchev–Trinajstić information content (AvgIpc) is 2.95. The van der Waals surface area contributed by atoms with Gasteiger partial charge >= 0.3 is 0 Å². The van der Waals surface area contributed by atoms with E-state index >= 15 is 0 Å². The molecule has 2 amide bonds. The van der Waals surface area contributed by atoms with Gasteiger partial charge in [0.05, 0.1) is 18.3 Å². The van der Waals surface area contributed by atoms with Crippen LogP contribution in [0.2, 0.25) is 0 Å². The maximum absolute atomic E-state index is 13.5. The van der Waals surface area contributed by atoms with Gasteiger partial charge in [0.15, 0.2) is 0 Å². The van der Waals surface area contributed by atoms with Crippen LogP contribution in [0.15, 0.2) is 53.6 Å². The Bertz CT molecular complexity index is 994. The van der Waals surface area contributed by atoms with E-state index in [0.29, 0.717) is 0 Å². The number of fused-ring (bicyclic) bond motifs is 1. The molecule has 0 atom stereocenters. The van der Waals surface area contributed by atoms with Crippen molar-refractivity contribution in [2.45, 2.75) is 6.92 Å². The third-order valence-electron chi connectivity index (χ3n) is 3.85. The number of benzene rings is 2. The number of H-pyrrole nitrogens is 1. The first kappa shape index (κ1) is 17.3. The molecule has 0 aliphatic heterocycles. The second-order valence-electron chi connectivity index (χ2n) is 5.66. The number of nitrogens with zero attached hydrogens (tertiary/aromatic N) is 1. The Balaban J connectivity index is 1.57. The average molecular weight is 352 g/mol. The summed E-state index contributed by atoms with van der Waals surface area (Å²) in [4.78, 5) is 26.9. The second kappa shape index (κ2) is 7.60. The first-order valence-electron chi connectivity index (χ1n) is 7.98. The van der Waals surface area contributed by atoms with E-state index in [0.717, 1.165) is 22.2 Å². The maximum Gasteiger partial charge on any atom is 0.259 e. The minimum atomic E-state index is -0.658. The van der Waals surface area contributed by atoms with Crippen LogP contribution in [0.5, 0.6) is 0 Å². The smallest absolute Gasteiger partial charge is 0.259 e. The van der Waals surface area contributed by atoms with Crippen LogP contribution in [-0.4, -0.2) is 29.6 Å². The molecule has 0 unspecified atom stereocenters. The van der Waals surface area contributed by atoms with Gasteiger partial charge in [0.25, 0.3) is 11.8 Å². The largest absolute Gasteiger partial charge is 0.358 e. The molecule has 1 aromatic heterocycles. The third kappa shape index (κ3) is 3.77. The summed E-state index contributed by atoms with van der Waals surface area (Å²) in [7, 11) is 0. The van der Waals surface area contributed by atoms with Gasteiger partial charge in [-0.2, -0.15) is 5.10 Å². The molecule has 0 aliphatic rings. The molecule has 0 fully saturated rings. The zero-order chi connectivity index (χ0) is 18.5. The zero-order valence-electron chi connectivity index (χ0n) is 14.0. The number of carbonyl (C=O) groups is 2. The van der Waals surface area contributed by atoms with Gasteiger partial charge in [-0.1, -0.05) is 30.3 Å². The molecule has 26 heavy (non-hydrogen) atoms. The lowest BCUT2D eigenvalue weighted by Crippen LogP contribution is -2.35. The Morgan fingerprint density at radius 3 is 2.69 bits per heavy atom. The highest BCUT2D eigenvalue weighted by molar-refractivity contribution is 6.01. The van der Waals surface area contributed by atoms with Gasteiger partial charge in [0.1, 0.15) is 5.82 Å². The molecule has 0 bridgehead atoms. The maximum atomic E-state index is 13.5. The standard InChI is InChI=1S/C19H17FN4O2/c1-12-15(13-6-3-5-9-17(13)23-12)10-22-24-18(25)11-21-19(26)14-7-2-4-8-16(14)20/h2-10,23H,11H2,1H3,(H,21,26)(H,24,25). The fourth-order valence-corrected chi connectivity index (χ4v) is 2.57. The minimum Gasteiger partial charge on any atom is -0.358 e. The molecule has 3 aromatic rings.